The van der Waals surface area contributed by atoms with E-state index in [9.17, 15) is 19.1 Å². The molecule has 34 heavy (non-hydrogen) atoms. The molecule has 0 radical (unpaired) electrons. The molecular formula is C25H27FN4O4. The predicted molar refractivity (Wildman–Crippen MR) is 123 cm³/mol. The fourth-order valence-corrected chi connectivity index (χ4v) is 3.94. The van der Waals surface area contributed by atoms with Crippen LogP contribution in [0.1, 0.15) is 45.5 Å². The first-order chi connectivity index (χ1) is 16.5. The second-order valence-electron chi connectivity index (χ2n) is 8.31. The van der Waals surface area contributed by atoms with Gasteiger partial charge < -0.3 is 25.5 Å². The third-order valence-electron chi connectivity index (χ3n) is 5.79. The molecule has 2 atom stereocenters. The maximum atomic E-state index is 13.1. The van der Waals surface area contributed by atoms with Gasteiger partial charge in [-0.15, -0.1) is 0 Å². The summed E-state index contributed by atoms with van der Waals surface area (Å²) in [6.07, 6.45) is 0.687. The summed E-state index contributed by atoms with van der Waals surface area (Å²) in [6, 6.07) is 15.4. The summed E-state index contributed by atoms with van der Waals surface area (Å²) < 4.78 is 18.9. The van der Waals surface area contributed by atoms with Crippen molar-refractivity contribution in [1.29, 1.82) is 0 Å². The van der Waals surface area contributed by atoms with Crippen molar-refractivity contribution in [2.75, 3.05) is 13.2 Å². The summed E-state index contributed by atoms with van der Waals surface area (Å²) in [5.74, 6) is -0.375. The van der Waals surface area contributed by atoms with Gasteiger partial charge in [0.05, 0.1) is 31.4 Å². The lowest BCUT2D eigenvalue weighted by atomic mass is 10.1. The van der Waals surface area contributed by atoms with E-state index < -0.39 is 18.1 Å². The number of hydrogen-bond acceptors (Lipinski definition) is 6. The Balaban J connectivity index is 1.39. The predicted octanol–water partition coefficient (Wildman–Crippen LogP) is 2.20. The van der Waals surface area contributed by atoms with Crippen molar-refractivity contribution in [3.63, 3.8) is 0 Å². The summed E-state index contributed by atoms with van der Waals surface area (Å²) in [7, 11) is 0. The molecule has 4 N–H and O–H groups in total. The van der Waals surface area contributed by atoms with Gasteiger partial charge in [0.15, 0.2) is 0 Å². The van der Waals surface area contributed by atoms with Gasteiger partial charge in [0.2, 0.25) is 0 Å². The van der Waals surface area contributed by atoms with Crippen LogP contribution in [-0.2, 0) is 24.5 Å². The molecule has 0 aliphatic carbocycles. The minimum absolute atomic E-state index is 0.0962. The zero-order valence-electron chi connectivity index (χ0n) is 18.6. The molecular weight excluding hydrogens is 439 g/mol. The molecule has 2 heterocycles. The lowest BCUT2D eigenvalue weighted by Crippen LogP contribution is -2.31. The zero-order valence-corrected chi connectivity index (χ0v) is 18.6. The number of H-pyrrole nitrogens is 1. The number of hydrogen-bond donors (Lipinski definition) is 4. The Hall–Kier alpha value is -3.40. The van der Waals surface area contributed by atoms with Crippen molar-refractivity contribution >= 4 is 5.91 Å². The van der Waals surface area contributed by atoms with Gasteiger partial charge in [0.25, 0.3) is 11.5 Å². The normalized spacial score (nSPS) is 17.6. The van der Waals surface area contributed by atoms with E-state index in [-0.39, 0.29) is 35.6 Å². The second kappa shape index (κ2) is 11.1. The van der Waals surface area contributed by atoms with Gasteiger partial charge in [-0.25, -0.2) is 9.37 Å². The van der Waals surface area contributed by atoms with E-state index in [1.165, 1.54) is 12.1 Å². The fourth-order valence-electron chi connectivity index (χ4n) is 3.94. The number of halogens is 1. The van der Waals surface area contributed by atoms with E-state index in [0.29, 0.717) is 37.6 Å². The lowest BCUT2D eigenvalue weighted by Gasteiger charge is -2.14. The van der Waals surface area contributed by atoms with Crippen molar-refractivity contribution in [2.24, 2.45) is 5.92 Å². The topological polar surface area (TPSA) is 116 Å². The Labute approximate surface area is 196 Å². The molecule has 0 unspecified atom stereocenters. The number of carbonyl (C=O) groups excluding carboxylic acids is 1. The molecule has 1 aliphatic heterocycles. The number of amides is 1. The molecule has 0 spiro atoms. The average molecular weight is 467 g/mol. The Morgan fingerprint density at radius 2 is 1.91 bits per heavy atom. The number of aromatic nitrogens is 2. The fraction of sp³-hybridized carbons (Fsp3) is 0.320. The Bertz CT molecular complexity index is 1170. The van der Waals surface area contributed by atoms with Crippen molar-refractivity contribution in [3.05, 3.63) is 99.0 Å². The quantitative estimate of drug-likeness (QED) is 0.384. The van der Waals surface area contributed by atoms with Crippen LogP contribution in [0.3, 0.4) is 0 Å². The summed E-state index contributed by atoms with van der Waals surface area (Å²) >= 11 is 0. The Kier molecular flexibility index (Phi) is 7.79. The van der Waals surface area contributed by atoms with Crippen LogP contribution < -0.4 is 16.2 Å². The summed E-state index contributed by atoms with van der Waals surface area (Å²) in [6.45, 7) is 1.30. The van der Waals surface area contributed by atoms with E-state index in [1.54, 1.807) is 12.1 Å². The maximum absolute atomic E-state index is 13.1. The van der Waals surface area contributed by atoms with E-state index in [1.807, 2.05) is 30.3 Å². The SMILES string of the molecule is O=C(NCc1ccc(F)cc1)c1nc([C@@H]2C[C@@H](COCc3ccccc3)CN2)[nH]c(=O)c1CO. The van der Waals surface area contributed by atoms with Crippen LogP contribution in [-0.4, -0.2) is 34.1 Å². The highest BCUT2D eigenvalue weighted by Crippen LogP contribution is 2.25. The molecule has 0 saturated carbocycles. The van der Waals surface area contributed by atoms with Crippen LogP contribution in [0.25, 0.3) is 0 Å². The van der Waals surface area contributed by atoms with Crippen molar-refractivity contribution in [1.82, 2.24) is 20.6 Å². The molecule has 178 valence electrons. The first kappa shape index (κ1) is 23.7. The van der Waals surface area contributed by atoms with Crippen LogP contribution >= 0.6 is 0 Å². The first-order valence-electron chi connectivity index (χ1n) is 11.1. The summed E-state index contributed by atoms with van der Waals surface area (Å²) in [5, 5.41) is 15.6. The van der Waals surface area contributed by atoms with Crippen molar-refractivity contribution in [3.8, 4) is 0 Å². The van der Waals surface area contributed by atoms with Gasteiger partial charge in [0.1, 0.15) is 17.3 Å². The molecule has 3 aromatic rings. The maximum Gasteiger partial charge on any atom is 0.270 e. The number of aromatic amines is 1. The molecule has 2 aromatic carbocycles. The molecule has 4 rings (SSSR count). The van der Waals surface area contributed by atoms with E-state index >= 15 is 0 Å². The second-order valence-corrected chi connectivity index (χ2v) is 8.31. The van der Waals surface area contributed by atoms with Crippen molar-refractivity contribution in [2.45, 2.75) is 32.2 Å². The van der Waals surface area contributed by atoms with E-state index in [0.717, 1.165) is 5.56 Å². The standard InChI is InChI=1S/C25H27FN4O4/c26-19-8-6-16(7-9-19)11-28-25(33)22-20(13-31)24(32)30-23(29-22)21-10-18(12-27-21)15-34-14-17-4-2-1-3-5-17/h1-9,18,21,27,31H,10-15H2,(H,28,33)(H,29,30,32)/t18-,21+/m1/s1. The van der Waals surface area contributed by atoms with Crippen LogP contribution in [0, 0.1) is 11.7 Å². The van der Waals surface area contributed by atoms with E-state index in [2.05, 4.69) is 20.6 Å². The van der Waals surface area contributed by atoms with Gasteiger partial charge in [-0.2, -0.15) is 0 Å². The monoisotopic (exact) mass is 466 g/mol. The van der Waals surface area contributed by atoms with Crippen LogP contribution in [0.5, 0.6) is 0 Å². The van der Waals surface area contributed by atoms with Crippen molar-refractivity contribution < 1.29 is 19.0 Å². The molecule has 1 aromatic heterocycles. The molecule has 9 heteroatoms. The van der Waals surface area contributed by atoms with Gasteiger partial charge in [-0.3, -0.25) is 9.59 Å². The smallest absolute Gasteiger partial charge is 0.270 e. The van der Waals surface area contributed by atoms with Gasteiger partial charge in [-0.1, -0.05) is 42.5 Å². The van der Waals surface area contributed by atoms with Gasteiger partial charge >= 0.3 is 0 Å². The molecule has 1 aliphatic rings. The molecule has 0 bridgehead atoms. The number of ether oxygens (including phenoxy) is 1. The highest BCUT2D eigenvalue weighted by molar-refractivity contribution is 5.93. The summed E-state index contributed by atoms with van der Waals surface area (Å²) in [5.41, 5.74) is 1.04. The van der Waals surface area contributed by atoms with Crippen LogP contribution in [0.4, 0.5) is 4.39 Å². The molecule has 8 nitrogen and oxygen atoms in total. The van der Waals surface area contributed by atoms with Gasteiger partial charge in [-0.05, 0) is 35.6 Å². The number of carbonyl (C=O) groups is 1. The average Bonchev–Trinajstić information content (AvgIpc) is 3.32. The number of rotatable bonds is 9. The van der Waals surface area contributed by atoms with Crippen LogP contribution in [0.15, 0.2) is 59.4 Å². The highest BCUT2D eigenvalue weighted by atomic mass is 19.1. The number of benzene rings is 2. The Morgan fingerprint density at radius 1 is 1.15 bits per heavy atom. The first-order valence-corrected chi connectivity index (χ1v) is 11.1. The Morgan fingerprint density at radius 3 is 2.65 bits per heavy atom. The minimum atomic E-state index is -0.615. The van der Waals surface area contributed by atoms with E-state index in [4.69, 9.17) is 4.74 Å². The molecule has 1 amide bonds. The lowest BCUT2D eigenvalue weighted by molar-refractivity contribution is 0.0915. The third kappa shape index (κ3) is 5.93. The molecule has 1 fully saturated rings. The molecule has 1 saturated heterocycles. The number of aliphatic hydroxyl groups is 1. The third-order valence-corrected chi connectivity index (χ3v) is 5.79. The van der Waals surface area contributed by atoms with Gasteiger partial charge in [0, 0.05) is 13.1 Å². The minimum Gasteiger partial charge on any atom is -0.391 e. The number of nitrogens with zero attached hydrogens (tertiary/aromatic N) is 1. The largest absolute Gasteiger partial charge is 0.391 e. The number of aliphatic hydroxyl groups excluding tert-OH is 1. The van der Waals surface area contributed by atoms with Crippen LogP contribution in [0.2, 0.25) is 0 Å². The summed E-state index contributed by atoms with van der Waals surface area (Å²) in [4.78, 5) is 32.4. The number of nitrogens with one attached hydrogen (secondary N) is 3. The zero-order chi connectivity index (χ0) is 23.9. The highest BCUT2D eigenvalue weighted by Gasteiger charge is 2.29.